The van der Waals surface area contributed by atoms with Gasteiger partial charge >= 0.3 is 0 Å². The van der Waals surface area contributed by atoms with E-state index in [0.717, 1.165) is 67.8 Å². The maximum absolute atomic E-state index is 12.6. The number of carbonyl (C=O) groups is 1. The highest BCUT2D eigenvalue weighted by atomic mass is 16.5. The average Bonchev–Trinajstić information content (AvgIpc) is 2.99. The first kappa shape index (κ1) is 27.3. The number of nitrogen functional groups attached to an aromatic ring is 1. The van der Waals surface area contributed by atoms with Gasteiger partial charge in [0.15, 0.2) is 11.5 Å². The molecule has 10 nitrogen and oxygen atoms in total. The summed E-state index contributed by atoms with van der Waals surface area (Å²) in [6, 6.07) is 13.1. The smallest absolute Gasteiger partial charge is 0.255 e. The van der Waals surface area contributed by atoms with E-state index in [1.807, 2.05) is 36.4 Å². The number of pyridine rings is 1. The number of methoxy groups -OCH3 is 1. The van der Waals surface area contributed by atoms with Gasteiger partial charge in [-0.1, -0.05) is 12.1 Å². The second-order valence-electron chi connectivity index (χ2n) is 9.61. The number of nitrogens with one attached hydrogen (secondary N) is 1. The summed E-state index contributed by atoms with van der Waals surface area (Å²) in [5.41, 5.74) is 10.2. The molecule has 2 aromatic heterocycles. The first-order valence-electron chi connectivity index (χ1n) is 13.4. The summed E-state index contributed by atoms with van der Waals surface area (Å²) in [6.07, 6.45) is 7.06. The van der Waals surface area contributed by atoms with Gasteiger partial charge in [0.05, 0.1) is 55.7 Å². The molecule has 1 aliphatic heterocycles. The number of nitrogens with zero attached hydrogens (tertiary/aromatic N) is 4. The van der Waals surface area contributed by atoms with Gasteiger partial charge in [0.1, 0.15) is 6.33 Å². The minimum absolute atomic E-state index is 0.224. The molecule has 0 radical (unpaired) electrons. The molecule has 0 atom stereocenters. The number of carbonyl (C=O) groups excluding carboxylic acids is 1. The van der Waals surface area contributed by atoms with E-state index in [4.69, 9.17) is 19.9 Å². The summed E-state index contributed by atoms with van der Waals surface area (Å²) in [5.74, 6) is 1.13. The molecule has 1 aliphatic rings. The highest BCUT2D eigenvalue weighted by Gasteiger charge is 2.14. The van der Waals surface area contributed by atoms with E-state index in [-0.39, 0.29) is 5.91 Å². The predicted octanol–water partition coefficient (Wildman–Crippen LogP) is 3.75. The van der Waals surface area contributed by atoms with Crippen LogP contribution in [0.4, 0.5) is 11.4 Å². The first-order valence-corrected chi connectivity index (χ1v) is 13.4. The number of nitrogens with two attached hydrogens (primary N) is 1. The van der Waals surface area contributed by atoms with E-state index in [0.29, 0.717) is 41.5 Å². The Morgan fingerprint density at radius 2 is 1.90 bits per heavy atom. The molecule has 0 unspecified atom stereocenters. The van der Waals surface area contributed by atoms with E-state index < -0.39 is 0 Å². The van der Waals surface area contributed by atoms with Crippen molar-refractivity contribution in [3.05, 3.63) is 78.0 Å². The van der Waals surface area contributed by atoms with Gasteiger partial charge in [-0.2, -0.15) is 0 Å². The predicted molar refractivity (Wildman–Crippen MR) is 154 cm³/mol. The molecule has 1 saturated heterocycles. The fraction of sp³-hybridized carbons (Fsp3) is 0.333. The standard InChI is InChI=1S/C30H34N6O4/c1-38-28-18-27-23(17-29(28)40-14-2-11-36-12-15-39-16-13-36)25(33-20-34-27)8-5-21-3-6-22(7-4-21)30(37)35-26-9-10-32-19-24(26)31/h3-4,6-7,9-10,17-20H,2,5,8,11-16,31H2,1H3,(H,32,35,37). The van der Waals surface area contributed by atoms with Crippen LogP contribution in [0.3, 0.4) is 0 Å². The first-order chi connectivity index (χ1) is 19.6. The third kappa shape index (κ3) is 6.83. The van der Waals surface area contributed by atoms with E-state index in [1.165, 1.54) is 6.20 Å². The quantitative estimate of drug-likeness (QED) is 0.273. The van der Waals surface area contributed by atoms with Gasteiger partial charge in [-0.25, -0.2) is 9.97 Å². The molecule has 0 bridgehead atoms. The number of amides is 1. The highest BCUT2D eigenvalue weighted by molar-refractivity contribution is 6.05. The Labute approximate surface area is 233 Å². The van der Waals surface area contributed by atoms with Crippen molar-refractivity contribution in [1.82, 2.24) is 19.9 Å². The van der Waals surface area contributed by atoms with Crippen LogP contribution in [0.1, 0.15) is 28.0 Å². The van der Waals surface area contributed by atoms with Gasteiger partial charge < -0.3 is 25.3 Å². The lowest BCUT2D eigenvalue weighted by Gasteiger charge is -2.26. The van der Waals surface area contributed by atoms with E-state index >= 15 is 0 Å². The van der Waals surface area contributed by atoms with Crippen LogP contribution in [0.2, 0.25) is 0 Å². The number of ether oxygens (including phenoxy) is 3. The van der Waals surface area contributed by atoms with Gasteiger partial charge in [0, 0.05) is 42.8 Å². The van der Waals surface area contributed by atoms with Gasteiger partial charge in [0.2, 0.25) is 0 Å². The molecule has 3 N–H and O–H groups in total. The number of anilines is 2. The maximum Gasteiger partial charge on any atom is 0.255 e. The van der Waals surface area contributed by atoms with Crippen LogP contribution in [0.25, 0.3) is 10.9 Å². The third-order valence-corrected chi connectivity index (χ3v) is 6.95. The Morgan fingerprint density at radius 3 is 2.67 bits per heavy atom. The molecule has 0 aliphatic carbocycles. The Morgan fingerprint density at radius 1 is 1.07 bits per heavy atom. The Bertz CT molecular complexity index is 1440. The molecule has 1 fully saturated rings. The van der Waals surface area contributed by atoms with Crippen molar-refractivity contribution in [2.45, 2.75) is 19.3 Å². The molecule has 10 heteroatoms. The Kier molecular flexibility index (Phi) is 9.00. The number of rotatable bonds is 11. The van der Waals surface area contributed by atoms with Crippen molar-refractivity contribution in [2.75, 3.05) is 57.6 Å². The van der Waals surface area contributed by atoms with Crippen molar-refractivity contribution < 1.29 is 19.0 Å². The van der Waals surface area contributed by atoms with Crippen LogP contribution < -0.4 is 20.5 Å². The molecular formula is C30H34N6O4. The number of hydrogen-bond donors (Lipinski definition) is 2. The number of hydrogen-bond acceptors (Lipinski definition) is 9. The lowest BCUT2D eigenvalue weighted by atomic mass is 10.0. The van der Waals surface area contributed by atoms with Crippen molar-refractivity contribution >= 4 is 28.2 Å². The van der Waals surface area contributed by atoms with Crippen molar-refractivity contribution in [1.29, 1.82) is 0 Å². The maximum atomic E-state index is 12.6. The second-order valence-corrected chi connectivity index (χ2v) is 9.61. The SMILES string of the molecule is COc1cc2ncnc(CCc3ccc(C(=O)Nc4ccncc4N)cc3)c2cc1OCCCN1CCOCC1. The summed E-state index contributed by atoms with van der Waals surface area (Å²) in [4.78, 5) is 28.0. The van der Waals surface area contributed by atoms with Crippen LogP contribution in [-0.4, -0.2) is 72.3 Å². The van der Waals surface area contributed by atoms with Gasteiger partial charge in [-0.3, -0.25) is 14.7 Å². The zero-order valence-corrected chi connectivity index (χ0v) is 22.6. The molecule has 40 heavy (non-hydrogen) atoms. The molecule has 208 valence electrons. The normalized spacial score (nSPS) is 13.7. The lowest BCUT2D eigenvalue weighted by molar-refractivity contribution is 0.0357. The van der Waals surface area contributed by atoms with Crippen LogP contribution in [-0.2, 0) is 17.6 Å². The minimum atomic E-state index is -0.224. The van der Waals surface area contributed by atoms with E-state index in [1.54, 1.807) is 25.7 Å². The van der Waals surface area contributed by atoms with Gasteiger partial charge in [0.25, 0.3) is 5.91 Å². The fourth-order valence-corrected chi connectivity index (χ4v) is 4.68. The summed E-state index contributed by atoms with van der Waals surface area (Å²) in [5, 5.41) is 3.76. The molecule has 5 rings (SSSR count). The minimum Gasteiger partial charge on any atom is -0.493 e. The van der Waals surface area contributed by atoms with Crippen molar-refractivity contribution in [3.63, 3.8) is 0 Å². The number of aromatic nitrogens is 3. The van der Waals surface area contributed by atoms with Crippen LogP contribution in [0.15, 0.2) is 61.2 Å². The lowest BCUT2D eigenvalue weighted by Crippen LogP contribution is -2.37. The fourth-order valence-electron chi connectivity index (χ4n) is 4.68. The zero-order valence-electron chi connectivity index (χ0n) is 22.6. The largest absolute Gasteiger partial charge is 0.493 e. The van der Waals surface area contributed by atoms with E-state index in [9.17, 15) is 4.79 Å². The highest BCUT2D eigenvalue weighted by Crippen LogP contribution is 2.33. The molecule has 4 aromatic rings. The number of fused-ring (bicyclic) bond motifs is 1. The van der Waals surface area contributed by atoms with Crippen LogP contribution in [0, 0.1) is 0 Å². The van der Waals surface area contributed by atoms with Crippen LogP contribution in [0.5, 0.6) is 11.5 Å². The summed E-state index contributed by atoms with van der Waals surface area (Å²) in [6.45, 7) is 5.10. The van der Waals surface area contributed by atoms with Crippen LogP contribution >= 0.6 is 0 Å². The molecule has 3 heterocycles. The molecule has 0 spiro atoms. The molecule has 1 amide bonds. The average molecular weight is 543 g/mol. The molecule has 2 aromatic carbocycles. The van der Waals surface area contributed by atoms with Crippen molar-refractivity contribution in [2.24, 2.45) is 0 Å². The zero-order chi connectivity index (χ0) is 27.7. The van der Waals surface area contributed by atoms with Gasteiger partial charge in [-0.05, 0) is 49.1 Å². The molecule has 0 saturated carbocycles. The molecular weight excluding hydrogens is 508 g/mol. The van der Waals surface area contributed by atoms with Crippen molar-refractivity contribution in [3.8, 4) is 11.5 Å². The Hall–Kier alpha value is -4.28. The van der Waals surface area contributed by atoms with Gasteiger partial charge in [-0.15, -0.1) is 0 Å². The third-order valence-electron chi connectivity index (χ3n) is 6.95. The second kappa shape index (κ2) is 13.2. The van der Waals surface area contributed by atoms with E-state index in [2.05, 4.69) is 25.2 Å². The Balaban J connectivity index is 1.22. The summed E-state index contributed by atoms with van der Waals surface area (Å²) in [7, 11) is 1.64. The number of benzene rings is 2. The number of morpholine rings is 1. The number of aryl methyl sites for hydroxylation is 2. The summed E-state index contributed by atoms with van der Waals surface area (Å²) < 4.78 is 17.2. The monoisotopic (exact) mass is 542 g/mol. The topological polar surface area (TPSA) is 125 Å². The summed E-state index contributed by atoms with van der Waals surface area (Å²) >= 11 is 0.